The summed E-state index contributed by atoms with van der Waals surface area (Å²) in [6.07, 6.45) is 1.58. The van der Waals surface area contributed by atoms with Crippen molar-refractivity contribution in [2.45, 2.75) is 5.92 Å². The van der Waals surface area contributed by atoms with Crippen LogP contribution in [-0.4, -0.2) is 10.8 Å². The zero-order valence-electron chi connectivity index (χ0n) is 9.38. The maximum absolute atomic E-state index is 12.2. The maximum atomic E-state index is 12.2. The highest BCUT2D eigenvalue weighted by molar-refractivity contribution is 14.1. The number of carbonyl (C=O) groups excluding carboxylic acids is 1. The number of ketones is 1. The molecule has 0 unspecified atom stereocenters. The minimum Gasteiger partial charge on any atom is -0.292 e. The first-order valence-corrected chi connectivity index (χ1v) is 6.40. The zero-order chi connectivity index (χ0) is 13.0. The number of pyridine rings is 1. The summed E-state index contributed by atoms with van der Waals surface area (Å²) in [5.41, 5.74) is 1.02. The molecule has 0 aliphatic heterocycles. The van der Waals surface area contributed by atoms with Crippen LogP contribution in [0.2, 0.25) is 0 Å². The average molecular weight is 348 g/mol. The Morgan fingerprint density at radius 2 is 1.94 bits per heavy atom. The van der Waals surface area contributed by atoms with Crippen LogP contribution >= 0.6 is 22.6 Å². The van der Waals surface area contributed by atoms with Crippen LogP contribution in [0.25, 0.3) is 0 Å². The van der Waals surface area contributed by atoms with Gasteiger partial charge in [-0.2, -0.15) is 5.26 Å². The molecule has 0 radical (unpaired) electrons. The van der Waals surface area contributed by atoms with Crippen molar-refractivity contribution in [1.82, 2.24) is 4.98 Å². The van der Waals surface area contributed by atoms with Gasteiger partial charge in [-0.25, -0.2) is 0 Å². The van der Waals surface area contributed by atoms with Crippen LogP contribution in [0.15, 0.2) is 48.7 Å². The molecule has 0 amide bonds. The minimum atomic E-state index is -0.841. The molecular weight excluding hydrogens is 339 g/mol. The summed E-state index contributed by atoms with van der Waals surface area (Å²) in [4.78, 5) is 16.3. The molecule has 2 rings (SSSR count). The lowest BCUT2D eigenvalue weighted by atomic mass is 9.95. The molecule has 3 nitrogen and oxygen atoms in total. The molecule has 4 heteroatoms. The smallest absolute Gasteiger partial charge is 0.186 e. The Balaban J connectivity index is 2.32. The zero-order valence-corrected chi connectivity index (χ0v) is 11.5. The molecule has 18 heavy (non-hydrogen) atoms. The number of nitriles is 1. The predicted molar refractivity (Wildman–Crippen MR) is 76.1 cm³/mol. The number of hydrogen-bond acceptors (Lipinski definition) is 3. The minimum absolute atomic E-state index is 0.215. The number of hydrogen-bond donors (Lipinski definition) is 0. The van der Waals surface area contributed by atoms with E-state index >= 15 is 0 Å². The second-order valence-corrected chi connectivity index (χ2v) is 4.93. The summed E-state index contributed by atoms with van der Waals surface area (Å²) in [5.74, 6) is -1.06. The summed E-state index contributed by atoms with van der Waals surface area (Å²) >= 11 is 2.17. The number of Topliss-reactive ketones (excluding diaryl/α,β-unsaturated/α-hetero) is 1. The Hall–Kier alpha value is -1.74. The van der Waals surface area contributed by atoms with Crippen LogP contribution in [0.3, 0.4) is 0 Å². The number of nitrogens with zero attached hydrogens (tertiary/aromatic N) is 2. The van der Waals surface area contributed by atoms with Crippen molar-refractivity contribution in [2.24, 2.45) is 0 Å². The average Bonchev–Trinajstić information content (AvgIpc) is 2.41. The molecule has 1 aromatic carbocycles. The van der Waals surface area contributed by atoms with E-state index in [1.807, 2.05) is 18.2 Å². The van der Waals surface area contributed by atoms with Crippen LogP contribution < -0.4 is 0 Å². The van der Waals surface area contributed by atoms with E-state index in [1.165, 1.54) is 0 Å². The van der Waals surface area contributed by atoms with Crippen molar-refractivity contribution in [2.75, 3.05) is 0 Å². The molecule has 0 spiro atoms. The van der Waals surface area contributed by atoms with Gasteiger partial charge in [0.1, 0.15) is 0 Å². The Morgan fingerprint density at radius 3 is 2.50 bits per heavy atom. The number of benzene rings is 1. The first-order chi connectivity index (χ1) is 8.72. The second-order valence-electron chi connectivity index (χ2n) is 3.69. The summed E-state index contributed by atoms with van der Waals surface area (Å²) < 4.78 is 1.05. The van der Waals surface area contributed by atoms with Gasteiger partial charge in [0.15, 0.2) is 11.7 Å². The van der Waals surface area contributed by atoms with E-state index < -0.39 is 5.92 Å². The summed E-state index contributed by atoms with van der Waals surface area (Å²) in [7, 11) is 0. The largest absolute Gasteiger partial charge is 0.292 e. The van der Waals surface area contributed by atoms with Crippen LogP contribution in [0, 0.1) is 14.9 Å². The fourth-order valence-electron chi connectivity index (χ4n) is 1.59. The molecule has 0 saturated heterocycles. The van der Waals surface area contributed by atoms with E-state index in [4.69, 9.17) is 5.26 Å². The second kappa shape index (κ2) is 5.74. The first-order valence-electron chi connectivity index (χ1n) is 5.32. The lowest BCUT2D eigenvalue weighted by molar-refractivity contribution is 0.0977. The molecule has 0 fully saturated rings. The third-order valence-corrected chi connectivity index (χ3v) is 3.22. The maximum Gasteiger partial charge on any atom is 0.186 e. The number of aromatic nitrogens is 1. The van der Waals surface area contributed by atoms with Crippen LogP contribution in [-0.2, 0) is 0 Å². The standard InChI is InChI=1S/C14H9IN2O/c15-11-6-4-10(5-7-11)14(18)12(9-16)13-3-1-2-8-17-13/h1-8,12H/t12-/m1/s1. The Bertz CT molecular complexity index is 587. The van der Waals surface area contributed by atoms with Gasteiger partial charge in [0.25, 0.3) is 0 Å². The van der Waals surface area contributed by atoms with Gasteiger partial charge in [0.2, 0.25) is 0 Å². The quantitative estimate of drug-likeness (QED) is 0.632. The molecule has 1 atom stereocenters. The van der Waals surface area contributed by atoms with Crippen molar-refractivity contribution in [1.29, 1.82) is 5.26 Å². The van der Waals surface area contributed by atoms with Gasteiger partial charge < -0.3 is 0 Å². The Labute approximate surface area is 119 Å². The first kappa shape index (κ1) is 12.7. The third kappa shape index (κ3) is 2.74. The lowest BCUT2D eigenvalue weighted by Crippen LogP contribution is -2.12. The van der Waals surface area contributed by atoms with E-state index in [2.05, 4.69) is 27.6 Å². The summed E-state index contributed by atoms with van der Waals surface area (Å²) in [6, 6.07) is 14.4. The monoisotopic (exact) mass is 348 g/mol. The van der Waals surface area contributed by atoms with Gasteiger partial charge in [-0.3, -0.25) is 9.78 Å². The predicted octanol–water partition coefficient (Wildman–Crippen LogP) is 3.18. The number of halogens is 1. The Morgan fingerprint density at radius 1 is 1.22 bits per heavy atom. The van der Waals surface area contributed by atoms with Crippen molar-refractivity contribution >= 4 is 28.4 Å². The molecule has 1 heterocycles. The molecule has 88 valence electrons. The highest BCUT2D eigenvalue weighted by Gasteiger charge is 2.22. The Kier molecular flexibility index (Phi) is 4.05. The van der Waals surface area contributed by atoms with Gasteiger partial charge >= 0.3 is 0 Å². The fourth-order valence-corrected chi connectivity index (χ4v) is 1.95. The van der Waals surface area contributed by atoms with Crippen LogP contribution in [0.4, 0.5) is 0 Å². The van der Waals surface area contributed by atoms with E-state index in [9.17, 15) is 4.79 Å². The van der Waals surface area contributed by atoms with Gasteiger partial charge in [-0.1, -0.05) is 18.2 Å². The van der Waals surface area contributed by atoms with Crippen LogP contribution in [0.5, 0.6) is 0 Å². The van der Waals surface area contributed by atoms with Crippen LogP contribution in [0.1, 0.15) is 22.0 Å². The van der Waals surface area contributed by atoms with Gasteiger partial charge in [-0.15, -0.1) is 0 Å². The molecular formula is C14H9IN2O. The highest BCUT2D eigenvalue weighted by atomic mass is 127. The normalized spacial score (nSPS) is 11.6. The molecule has 0 bridgehead atoms. The van der Waals surface area contributed by atoms with Gasteiger partial charge in [0, 0.05) is 15.3 Å². The summed E-state index contributed by atoms with van der Waals surface area (Å²) in [5, 5.41) is 9.15. The van der Waals surface area contributed by atoms with Crippen molar-refractivity contribution in [3.63, 3.8) is 0 Å². The number of rotatable bonds is 3. The molecule has 0 N–H and O–H groups in total. The molecule has 1 aromatic heterocycles. The molecule has 2 aromatic rings. The summed E-state index contributed by atoms with van der Waals surface area (Å²) in [6.45, 7) is 0. The topological polar surface area (TPSA) is 53.8 Å². The lowest BCUT2D eigenvalue weighted by Gasteiger charge is -2.07. The van der Waals surface area contributed by atoms with E-state index in [1.54, 1.807) is 36.5 Å². The highest BCUT2D eigenvalue weighted by Crippen LogP contribution is 2.19. The van der Waals surface area contributed by atoms with Crippen molar-refractivity contribution in [3.05, 3.63) is 63.5 Å². The number of carbonyl (C=O) groups is 1. The van der Waals surface area contributed by atoms with E-state index in [-0.39, 0.29) is 5.78 Å². The molecule has 0 saturated carbocycles. The van der Waals surface area contributed by atoms with Gasteiger partial charge in [-0.05, 0) is 46.9 Å². The van der Waals surface area contributed by atoms with Crippen molar-refractivity contribution in [3.8, 4) is 6.07 Å². The van der Waals surface area contributed by atoms with Crippen molar-refractivity contribution < 1.29 is 4.79 Å². The fraction of sp³-hybridized carbons (Fsp3) is 0.0714. The SMILES string of the molecule is N#C[C@@H](C(=O)c1ccc(I)cc1)c1ccccn1. The molecule has 0 aliphatic rings. The van der Waals surface area contributed by atoms with Gasteiger partial charge in [0.05, 0.1) is 11.8 Å². The van der Waals surface area contributed by atoms with E-state index in [0.717, 1.165) is 3.57 Å². The molecule has 0 aliphatic carbocycles. The van der Waals surface area contributed by atoms with E-state index in [0.29, 0.717) is 11.3 Å². The third-order valence-electron chi connectivity index (χ3n) is 2.50.